The Labute approximate surface area is 155 Å². The molecule has 26 heavy (non-hydrogen) atoms. The standard InChI is InChI=1S/C17H28N4O4S/c1-26(24,25)20-7-5-18(6-8-20)17(23)19-10-13-9-14(12-19)15-3-2-4-16(22)21(15)11-13/h13-15H,2-12H2,1H3/t13?,14?,15-/m1/s1. The molecule has 4 fully saturated rings. The highest BCUT2D eigenvalue weighted by Crippen LogP contribution is 2.38. The first-order valence-electron chi connectivity index (χ1n) is 9.61. The van der Waals surface area contributed by atoms with Gasteiger partial charge >= 0.3 is 6.03 Å². The van der Waals surface area contributed by atoms with Crippen LogP contribution in [0.4, 0.5) is 4.79 Å². The van der Waals surface area contributed by atoms with Crippen molar-refractivity contribution in [3.05, 3.63) is 0 Å². The zero-order chi connectivity index (χ0) is 18.5. The first kappa shape index (κ1) is 18.2. The van der Waals surface area contributed by atoms with E-state index >= 15 is 0 Å². The van der Waals surface area contributed by atoms with Gasteiger partial charge in [-0.05, 0) is 31.1 Å². The molecule has 4 rings (SSSR count). The van der Waals surface area contributed by atoms with Gasteiger partial charge in [-0.3, -0.25) is 4.79 Å². The van der Waals surface area contributed by atoms with Gasteiger partial charge in [0, 0.05) is 45.2 Å². The first-order chi connectivity index (χ1) is 12.3. The summed E-state index contributed by atoms with van der Waals surface area (Å²) in [5, 5.41) is 0. The van der Waals surface area contributed by atoms with Crippen LogP contribution < -0.4 is 0 Å². The average molecular weight is 385 g/mol. The first-order valence-corrected chi connectivity index (χ1v) is 11.5. The lowest BCUT2D eigenvalue weighted by molar-refractivity contribution is -0.144. The van der Waals surface area contributed by atoms with Crippen molar-refractivity contribution in [1.29, 1.82) is 0 Å². The van der Waals surface area contributed by atoms with E-state index in [9.17, 15) is 18.4 Å². The Morgan fingerprint density at radius 3 is 2.54 bits per heavy atom. The van der Waals surface area contributed by atoms with Gasteiger partial charge in [-0.1, -0.05) is 4.21 Å². The zero-order valence-corrected chi connectivity index (χ0v) is 16.2. The predicted molar refractivity (Wildman–Crippen MR) is 95.8 cm³/mol. The Hall–Kier alpha value is -1.19. The molecule has 3 amide bonds. The summed E-state index contributed by atoms with van der Waals surface area (Å²) in [7, 11) is -3.19. The quantitative estimate of drug-likeness (QED) is 0.606. The molecule has 4 aliphatic heterocycles. The topological polar surface area (TPSA) is 87.2 Å². The van der Waals surface area contributed by atoms with Crippen LogP contribution in [-0.4, -0.2) is 93.6 Å². The number of amides is 3. The number of hydrogen-bond acceptors (Lipinski definition) is 4. The molecule has 0 N–H and O–H groups in total. The Balaban J connectivity index is 1.38. The second-order valence-corrected chi connectivity index (χ2v) is 10.2. The molecule has 8 nitrogen and oxygen atoms in total. The van der Waals surface area contributed by atoms with Gasteiger partial charge in [0.25, 0.3) is 0 Å². The summed E-state index contributed by atoms with van der Waals surface area (Å²) in [6.45, 7) is 3.85. The number of rotatable bonds is 1. The van der Waals surface area contributed by atoms with E-state index in [2.05, 4.69) is 4.90 Å². The van der Waals surface area contributed by atoms with Gasteiger partial charge in [0.15, 0.2) is 0 Å². The predicted octanol–water partition coefficient (Wildman–Crippen LogP) is 0.232. The van der Waals surface area contributed by atoms with Crippen molar-refractivity contribution >= 4 is 22.3 Å². The molecule has 0 aliphatic carbocycles. The van der Waals surface area contributed by atoms with Crippen LogP contribution in [0.15, 0.2) is 0 Å². The maximum atomic E-state index is 13.0. The molecule has 2 bridgehead atoms. The zero-order valence-electron chi connectivity index (χ0n) is 15.3. The molecule has 9 heteroatoms. The lowest BCUT2D eigenvalue weighted by Crippen LogP contribution is -2.63. The fourth-order valence-corrected chi connectivity index (χ4v) is 6.00. The summed E-state index contributed by atoms with van der Waals surface area (Å²) < 4.78 is 24.7. The van der Waals surface area contributed by atoms with E-state index in [4.69, 9.17) is 0 Å². The van der Waals surface area contributed by atoms with E-state index in [0.29, 0.717) is 57.0 Å². The van der Waals surface area contributed by atoms with Crippen LogP contribution in [0.1, 0.15) is 25.7 Å². The molecule has 4 aliphatic rings. The van der Waals surface area contributed by atoms with Crippen molar-refractivity contribution in [1.82, 2.24) is 19.0 Å². The number of piperazine rings is 1. The summed E-state index contributed by atoms with van der Waals surface area (Å²) in [5.41, 5.74) is 0. The van der Waals surface area contributed by atoms with Crippen LogP contribution in [0.2, 0.25) is 0 Å². The van der Waals surface area contributed by atoms with Crippen molar-refractivity contribution in [3.63, 3.8) is 0 Å². The van der Waals surface area contributed by atoms with Gasteiger partial charge in [0.2, 0.25) is 5.91 Å². The van der Waals surface area contributed by atoms with Gasteiger partial charge in [-0.15, -0.1) is 4.31 Å². The number of hydrogen-bond donors (Lipinski definition) is 0. The molecule has 4 heterocycles. The van der Waals surface area contributed by atoms with E-state index < -0.39 is 10.4 Å². The van der Waals surface area contributed by atoms with E-state index in [1.807, 2.05) is 4.90 Å². The van der Waals surface area contributed by atoms with Crippen LogP contribution in [0, 0.1) is 11.8 Å². The van der Waals surface area contributed by atoms with Crippen LogP contribution >= 0.6 is 0 Å². The lowest BCUT2D eigenvalue weighted by Gasteiger charge is -2.53. The van der Waals surface area contributed by atoms with E-state index in [-0.39, 0.29) is 11.9 Å². The molecule has 4 atom stereocenters. The van der Waals surface area contributed by atoms with Gasteiger partial charge in [0.05, 0.1) is 13.1 Å². The highest BCUT2D eigenvalue weighted by molar-refractivity contribution is 7.94. The highest BCUT2D eigenvalue weighted by Gasteiger charge is 2.45. The SMILES string of the molecule is C[S+](=O)([O-])N1CCN(C(=O)N2CC3CC(C2)[C@H]2CCCC(=O)N2C3)CC1. The van der Waals surface area contributed by atoms with Gasteiger partial charge < -0.3 is 19.3 Å². The Bertz CT molecular complexity index is 630. The van der Waals surface area contributed by atoms with Crippen molar-refractivity contribution in [2.75, 3.05) is 52.1 Å². The van der Waals surface area contributed by atoms with Crippen LogP contribution in [0.5, 0.6) is 0 Å². The van der Waals surface area contributed by atoms with Crippen molar-refractivity contribution < 1.29 is 18.4 Å². The monoisotopic (exact) mass is 384 g/mol. The van der Waals surface area contributed by atoms with Gasteiger partial charge in [-0.25, -0.2) is 4.79 Å². The summed E-state index contributed by atoms with van der Waals surface area (Å²) in [6, 6.07) is 0.327. The second kappa shape index (κ2) is 6.76. The van der Waals surface area contributed by atoms with Gasteiger partial charge in [0.1, 0.15) is 16.7 Å². The molecule has 0 aromatic carbocycles. The van der Waals surface area contributed by atoms with Crippen molar-refractivity contribution in [2.24, 2.45) is 11.8 Å². The number of fused-ring (bicyclic) bond motifs is 4. The number of piperidine rings is 3. The molecule has 0 radical (unpaired) electrons. The fourth-order valence-electron chi connectivity index (χ4n) is 5.18. The minimum absolute atomic E-state index is 0.0310. The third-order valence-corrected chi connectivity index (χ3v) is 7.73. The number of sulfonamides is 1. The normalized spacial score (nSPS) is 35.1. The lowest BCUT2D eigenvalue weighted by atomic mass is 9.76. The van der Waals surface area contributed by atoms with Crippen LogP contribution in [0.25, 0.3) is 0 Å². The summed E-state index contributed by atoms with van der Waals surface area (Å²) >= 11 is 0. The van der Waals surface area contributed by atoms with Crippen LogP contribution in [-0.2, 0) is 19.4 Å². The smallest absolute Gasteiger partial charge is 0.320 e. The maximum Gasteiger partial charge on any atom is 0.320 e. The summed E-state index contributed by atoms with van der Waals surface area (Å²) in [6.07, 6.45) is 5.01. The number of carbonyl (C=O) groups excluding carboxylic acids is 2. The number of urea groups is 1. The Morgan fingerprint density at radius 1 is 1.12 bits per heavy atom. The molecule has 0 aromatic rings. The van der Waals surface area contributed by atoms with Gasteiger partial charge in [-0.2, -0.15) is 0 Å². The third-order valence-electron chi connectivity index (χ3n) is 6.43. The minimum Gasteiger partial charge on any atom is -0.598 e. The molecular formula is C17H28N4O4S. The molecular weight excluding hydrogens is 356 g/mol. The third kappa shape index (κ3) is 3.36. The van der Waals surface area contributed by atoms with Crippen molar-refractivity contribution in [3.8, 4) is 0 Å². The Morgan fingerprint density at radius 2 is 1.85 bits per heavy atom. The van der Waals surface area contributed by atoms with E-state index in [0.717, 1.165) is 32.4 Å². The number of nitrogens with zero attached hydrogens (tertiary/aromatic N) is 4. The molecule has 0 saturated carbocycles. The van der Waals surface area contributed by atoms with Crippen LogP contribution in [0.3, 0.4) is 0 Å². The molecule has 0 spiro atoms. The minimum atomic E-state index is -3.19. The summed E-state index contributed by atoms with van der Waals surface area (Å²) in [4.78, 5) is 31.0. The largest absolute Gasteiger partial charge is 0.598 e. The number of likely N-dealkylation sites (tertiary alicyclic amines) is 1. The molecule has 0 aromatic heterocycles. The van der Waals surface area contributed by atoms with Crippen molar-refractivity contribution in [2.45, 2.75) is 31.7 Å². The highest BCUT2D eigenvalue weighted by atomic mass is 32.3. The average Bonchev–Trinajstić information content (AvgIpc) is 2.61. The summed E-state index contributed by atoms with van der Waals surface area (Å²) in [5.74, 6) is 1.04. The maximum absolute atomic E-state index is 13.0. The van der Waals surface area contributed by atoms with E-state index in [1.54, 1.807) is 4.90 Å². The molecule has 4 saturated heterocycles. The fraction of sp³-hybridized carbons (Fsp3) is 0.882. The number of carbonyl (C=O) groups is 2. The van der Waals surface area contributed by atoms with E-state index in [1.165, 1.54) is 10.6 Å². The second-order valence-electron chi connectivity index (χ2n) is 8.20. The molecule has 146 valence electrons. The Kier molecular flexibility index (Phi) is 4.73. The molecule has 3 unspecified atom stereocenters.